The molecular weight excluding hydrogens is 398 g/mol. The maximum absolute atomic E-state index is 12.8. The van der Waals surface area contributed by atoms with Gasteiger partial charge in [0.2, 0.25) is 0 Å². The first-order chi connectivity index (χ1) is 13.4. The van der Waals surface area contributed by atoms with Gasteiger partial charge in [-0.2, -0.15) is 0 Å². The number of carbonyl (C=O) groups excluding carboxylic acids is 1. The molecule has 9 heteroatoms. The summed E-state index contributed by atoms with van der Waals surface area (Å²) in [5.74, 6) is -0.289. The number of phenols is 1. The lowest BCUT2D eigenvalue weighted by atomic mass is 10.0. The Hall–Kier alpha value is -2.65. The van der Waals surface area contributed by atoms with E-state index in [-0.39, 0.29) is 28.9 Å². The third-order valence-corrected chi connectivity index (χ3v) is 5.26. The van der Waals surface area contributed by atoms with Crippen LogP contribution >= 0.6 is 24.8 Å². The van der Waals surface area contributed by atoms with E-state index < -0.39 is 4.92 Å². The lowest BCUT2D eigenvalue weighted by Gasteiger charge is -2.42. The molecule has 1 N–H and O–H groups in total. The highest BCUT2D eigenvalue weighted by Crippen LogP contribution is 2.23. The van der Waals surface area contributed by atoms with Crippen LogP contribution in [0, 0.1) is 10.1 Å². The number of para-hydroxylation sites is 1. The zero-order chi connectivity index (χ0) is 20.3. The second-order valence-corrected chi connectivity index (χ2v) is 7.64. The molecule has 1 unspecified atom stereocenters. The number of hydrogen-bond donors (Lipinski definition) is 2. The third kappa shape index (κ3) is 4.42. The molecule has 0 aromatic heterocycles. The van der Waals surface area contributed by atoms with Gasteiger partial charge in [-0.05, 0) is 24.1 Å². The molecule has 7 nitrogen and oxygen atoms in total. The highest BCUT2D eigenvalue weighted by atomic mass is 32.1. The zero-order valence-corrected chi connectivity index (χ0v) is 16.6. The molecule has 2 aromatic rings. The Balaban J connectivity index is 1.78. The molecular formula is C19H19N3O4S2. The molecule has 2 aromatic carbocycles. The van der Waals surface area contributed by atoms with Crippen LogP contribution in [-0.2, 0) is 6.42 Å². The summed E-state index contributed by atoms with van der Waals surface area (Å²) in [5, 5.41) is 20.8. The van der Waals surface area contributed by atoms with E-state index in [1.54, 1.807) is 35.2 Å². The number of carbonyl (C=O) groups is 1. The molecule has 0 aliphatic carbocycles. The summed E-state index contributed by atoms with van der Waals surface area (Å²) in [4.78, 5) is 26.9. The van der Waals surface area contributed by atoms with Crippen LogP contribution in [0.15, 0.2) is 48.5 Å². The van der Waals surface area contributed by atoms with Gasteiger partial charge in [-0.25, -0.2) is 0 Å². The van der Waals surface area contributed by atoms with Gasteiger partial charge in [0.05, 0.1) is 16.5 Å². The van der Waals surface area contributed by atoms with Crippen LogP contribution < -0.4 is 0 Å². The minimum Gasteiger partial charge on any atom is -0.507 e. The summed E-state index contributed by atoms with van der Waals surface area (Å²) in [6.07, 6.45) is 0.559. The molecule has 0 radical (unpaired) electrons. The van der Waals surface area contributed by atoms with Crippen LogP contribution in [0.1, 0.15) is 15.9 Å². The second-order valence-electron chi connectivity index (χ2n) is 6.53. The van der Waals surface area contributed by atoms with Gasteiger partial charge >= 0.3 is 0 Å². The largest absolute Gasteiger partial charge is 0.507 e. The van der Waals surface area contributed by atoms with Gasteiger partial charge < -0.3 is 14.9 Å². The maximum atomic E-state index is 12.8. The number of thiocarbonyl (C=S) groups is 1. The molecule has 1 saturated heterocycles. The Morgan fingerprint density at radius 3 is 2.50 bits per heavy atom. The summed E-state index contributed by atoms with van der Waals surface area (Å²) < 4.78 is 0.446. The zero-order valence-electron chi connectivity index (χ0n) is 14.9. The first kappa shape index (κ1) is 20.1. The van der Waals surface area contributed by atoms with Crippen molar-refractivity contribution in [3.8, 4) is 5.75 Å². The van der Waals surface area contributed by atoms with Crippen LogP contribution in [0.3, 0.4) is 0 Å². The summed E-state index contributed by atoms with van der Waals surface area (Å²) >= 11 is 9.54. The van der Waals surface area contributed by atoms with E-state index in [2.05, 4.69) is 12.6 Å². The van der Waals surface area contributed by atoms with Gasteiger partial charge in [0, 0.05) is 31.8 Å². The number of benzene rings is 2. The van der Waals surface area contributed by atoms with Crippen molar-refractivity contribution in [3.05, 3.63) is 69.8 Å². The van der Waals surface area contributed by atoms with Gasteiger partial charge in [0.25, 0.3) is 11.6 Å². The smallest absolute Gasteiger partial charge is 0.269 e. The van der Waals surface area contributed by atoms with Crippen molar-refractivity contribution in [2.24, 2.45) is 0 Å². The fourth-order valence-electron chi connectivity index (χ4n) is 3.32. The Labute approximate surface area is 173 Å². The van der Waals surface area contributed by atoms with Crippen LogP contribution in [0.25, 0.3) is 0 Å². The van der Waals surface area contributed by atoms with E-state index in [4.69, 9.17) is 12.2 Å². The summed E-state index contributed by atoms with van der Waals surface area (Å²) in [6, 6.07) is 12.7. The average molecular weight is 418 g/mol. The maximum Gasteiger partial charge on any atom is 0.269 e. The number of piperazine rings is 1. The number of rotatable bonds is 4. The topological polar surface area (TPSA) is 86.9 Å². The van der Waals surface area contributed by atoms with Gasteiger partial charge in [0.15, 0.2) is 0 Å². The Morgan fingerprint density at radius 2 is 1.89 bits per heavy atom. The molecule has 1 atom stereocenters. The van der Waals surface area contributed by atoms with Crippen LogP contribution in [0.4, 0.5) is 5.69 Å². The molecule has 1 aliphatic heterocycles. The number of nitro benzene ring substituents is 1. The summed E-state index contributed by atoms with van der Waals surface area (Å²) in [5.41, 5.74) is 1.20. The summed E-state index contributed by atoms with van der Waals surface area (Å²) in [7, 11) is 0. The highest BCUT2D eigenvalue weighted by Gasteiger charge is 2.31. The molecule has 1 heterocycles. The van der Waals surface area contributed by atoms with Crippen molar-refractivity contribution in [1.82, 2.24) is 9.80 Å². The Bertz CT molecular complexity index is 904. The standard InChI is InChI=1S/C19H19N3O4S2/c23-17-4-2-1-3-16(17)18(24)20-9-10-21(19(27)28)15(12-20)11-13-5-7-14(8-6-13)22(25)26/h1-8,15,23H,9-12H2,(H,27,28). The normalized spacial score (nSPS) is 16.7. The van der Waals surface area contributed by atoms with Gasteiger partial charge in [-0.15, -0.1) is 12.6 Å². The number of nitrogens with zero attached hydrogens (tertiary/aromatic N) is 3. The average Bonchev–Trinajstić information content (AvgIpc) is 2.68. The number of amides is 1. The van der Waals surface area contributed by atoms with E-state index in [0.29, 0.717) is 30.4 Å². The van der Waals surface area contributed by atoms with Crippen LogP contribution in [0.5, 0.6) is 5.75 Å². The monoisotopic (exact) mass is 417 g/mol. The molecule has 3 rings (SSSR count). The molecule has 1 aliphatic rings. The lowest BCUT2D eigenvalue weighted by molar-refractivity contribution is -0.384. The number of thiol groups is 1. The molecule has 0 saturated carbocycles. The lowest BCUT2D eigenvalue weighted by Crippen LogP contribution is -2.56. The van der Waals surface area contributed by atoms with Crippen LogP contribution in [-0.4, -0.2) is 55.7 Å². The first-order valence-corrected chi connectivity index (χ1v) is 9.52. The number of non-ortho nitro benzene ring substituents is 1. The quantitative estimate of drug-likeness (QED) is 0.344. The highest BCUT2D eigenvalue weighted by molar-refractivity contribution is 8.10. The molecule has 146 valence electrons. The minimum atomic E-state index is -0.438. The van der Waals surface area contributed by atoms with Crippen molar-refractivity contribution in [1.29, 1.82) is 0 Å². The van der Waals surface area contributed by atoms with Crippen molar-refractivity contribution in [2.45, 2.75) is 12.5 Å². The minimum absolute atomic E-state index is 0.0327. The van der Waals surface area contributed by atoms with Gasteiger partial charge in [-0.1, -0.05) is 36.5 Å². The van der Waals surface area contributed by atoms with Gasteiger partial charge in [0.1, 0.15) is 10.1 Å². The number of phenolic OH excluding ortho intramolecular Hbond substituents is 1. The number of nitro groups is 1. The fourth-order valence-corrected chi connectivity index (χ4v) is 3.82. The summed E-state index contributed by atoms with van der Waals surface area (Å²) in [6.45, 7) is 1.40. The van der Waals surface area contributed by atoms with E-state index in [9.17, 15) is 20.0 Å². The third-order valence-electron chi connectivity index (χ3n) is 4.77. The fraction of sp³-hybridized carbons (Fsp3) is 0.263. The van der Waals surface area contributed by atoms with E-state index in [1.165, 1.54) is 18.2 Å². The van der Waals surface area contributed by atoms with E-state index in [0.717, 1.165) is 5.56 Å². The van der Waals surface area contributed by atoms with E-state index in [1.807, 2.05) is 4.90 Å². The van der Waals surface area contributed by atoms with Crippen molar-refractivity contribution in [3.63, 3.8) is 0 Å². The first-order valence-electron chi connectivity index (χ1n) is 8.67. The predicted octanol–water partition coefficient (Wildman–Crippen LogP) is 2.88. The van der Waals surface area contributed by atoms with Crippen molar-refractivity contribution in [2.75, 3.05) is 19.6 Å². The van der Waals surface area contributed by atoms with E-state index >= 15 is 0 Å². The Kier molecular flexibility index (Phi) is 6.15. The predicted molar refractivity (Wildman–Crippen MR) is 113 cm³/mol. The molecule has 28 heavy (non-hydrogen) atoms. The number of hydrogen-bond acceptors (Lipinski definition) is 5. The molecule has 1 amide bonds. The molecule has 1 fully saturated rings. The molecule has 0 bridgehead atoms. The number of aromatic hydroxyl groups is 1. The Morgan fingerprint density at radius 1 is 1.21 bits per heavy atom. The van der Waals surface area contributed by atoms with Crippen molar-refractivity contribution < 1.29 is 14.8 Å². The SMILES string of the molecule is O=C(c1ccccc1O)N1CCN(C(=S)S)C(Cc2ccc([N+](=O)[O-])cc2)C1. The van der Waals surface area contributed by atoms with Gasteiger partial charge in [-0.3, -0.25) is 14.9 Å². The molecule has 0 spiro atoms. The van der Waals surface area contributed by atoms with Crippen molar-refractivity contribution >= 4 is 40.8 Å². The van der Waals surface area contributed by atoms with Crippen LogP contribution in [0.2, 0.25) is 0 Å². The second kappa shape index (κ2) is 8.57.